The molecule has 0 saturated carbocycles. The molecule has 0 aromatic heterocycles. The van der Waals surface area contributed by atoms with Gasteiger partial charge < -0.3 is 24.8 Å². The number of carbonyl (C=O) groups excluding carboxylic acids is 2. The third-order valence-corrected chi connectivity index (χ3v) is 5.88. The van der Waals surface area contributed by atoms with Crippen molar-refractivity contribution in [1.82, 2.24) is 9.80 Å². The number of hydrogen-bond acceptors (Lipinski definition) is 4. The van der Waals surface area contributed by atoms with E-state index >= 15 is 0 Å². The van der Waals surface area contributed by atoms with Gasteiger partial charge in [0.15, 0.2) is 0 Å². The van der Waals surface area contributed by atoms with E-state index in [1.165, 1.54) is 0 Å². The highest BCUT2D eigenvalue weighted by atomic mass is 35.5. The summed E-state index contributed by atoms with van der Waals surface area (Å²) in [6, 6.07) is 14.6. The smallest absolute Gasteiger partial charge is 0.321 e. The predicted octanol–water partition coefficient (Wildman–Crippen LogP) is 3.56. The van der Waals surface area contributed by atoms with Crippen molar-refractivity contribution in [3.63, 3.8) is 0 Å². The van der Waals surface area contributed by atoms with Gasteiger partial charge in [-0.05, 0) is 36.8 Å². The Labute approximate surface area is 187 Å². The molecule has 2 saturated heterocycles. The molecule has 8 heteroatoms. The van der Waals surface area contributed by atoms with Crippen LogP contribution in [0.1, 0.15) is 16.8 Å². The van der Waals surface area contributed by atoms with Gasteiger partial charge in [-0.15, -0.1) is 0 Å². The highest BCUT2D eigenvalue weighted by Crippen LogP contribution is 2.30. The van der Waals surface area contributed by atoms with Crippen LogP contribution in [-0.4, -0.2) is 74.2 Å². The summed E-state index contributed by atoms with van der Waals surface area (Å²) in [6.45, 7) is 5.08. The van der Waals surface area contributed by atoms with Crippen LogP contribution >= 0.6 is 11.6 Å². The van der Waals surface area contributed by atoms with Gasteiger partial charge >= 0.3 is 6.03 Å². The highest BCUT2D eigenvalue weighted by Gasteiger charge is 2.24. The van der Waals surface area contributed by atoms with Crippen molar-refractivity contribution in [2.24, 2.45) is 0 Å². The topological polar surface area (TPSA) is 65.1 Å². The third kappa shape index (κ3) is 5.29. The number of anilines is 2. The van der Waals surface area contributed by atoms with Crippen molar-refractivity contribution in [2.75, 3.05) is 62.7 Å². The van der Waals surface area contributed by atoms with Gasteiger partial charge in [-0.2, -0.15) is 0 Å². The number of rotatable bonds is 3. The molecule has 4 rings (SSSR count). The van der Waals surface area contributed by atoms with Crippen molar-refractivity contribution in [3.8, 4) is 0 Å². The second kappa shape index (κ2) is 10.0. The summed E-state index contributed by atoms with van der Waals surface area (Å²) < 4.78 is 5.44. The highest BCUT2D eigenvalue weighted by molar-refractivity contribution is 6.31. The summed E-state index contributed by atoms with van der Waals surface area (Å²) in [5, 5.41) is 3.61. The first-order chi connectivity index (χ1) is 15.1. The molecule has 1 N–H and O–H groups in total. The van der Waals surface area contributed by atoms with E-state index in [-0.39, 0.29) is 11.9 Å². The van der Waals surface area contributed by atoms with Crippen molar-refractivity contribution < 1.29 is 14.3 Å². The van der Waals surface area contributed by atoms with Gasteiger partial charge in [-0.25, -0.2) is 4.79 Å². The minimum absolute atomic E-state index is 0.00676. The van der Waals surface area contributed by atoms with E-state index in [4.69, 9.17) is 16.3 Å². The Balaban J connectivity index is 1.41. The Morgan fingerprint density at radius 2 is 1.58 bits per heavy atom. The third-order valence-electron chi connectivity index (χ3n) is 5.64. The summed E-state index contributed by atoms with van der Waals surface area (Å²) >= 11 is 6.21. The molecule has 2 aliphatic rings. The van der Waals surface area contributed by atoms with Gasteiger partial charge in [-0.3, -0.25) is 4.79 Å². The normalized spacial score (nSPS) is 17.3. The van der Waals surface area contributed by atoms with Crippen LogP contribution in [0.5, 0.6) is 0 Å². The summed E-state index contributed by atoms with van der Waals surface area (Å²) in [5.41, 5.74) is 2.31. The monoisotopic (exact) mass is 442 g/mol. The molecule has 31 heavy (non-hydrogen) atoms. The first-order valence-corrected chi connectivity index (χ1v) is 11.0. The van der Waals surface area contributed by atoms with E-state index in [0.29, 0.717) is 55.7 Å². The maximum atomic E-state index is 13.0. The standard InChI is InChI=1S/C23H27ClN4O3/c24-19-7-8-21(26-13-15-31-16-14-26)20(17-19)25-23(30)28-10-4-9-27(11-12-28)22(29)18-5-2-1-3-6-18/h1-3,5-8,17H,4,9-16H2,(H,25,30). The van der Waals surface area contributed by atoms with E-state index in [9.17, 15) is 9.59 Å². The van der Waals surface area contributed by atoms with Gasteiger partial charge in [-0.1, -0.05) is 29.8 Å². The minimum Gasteiger partial charge on any atom is -0.378 e. The number of urea groups is 1. The molecule has 2 heterocycles. The van der Waals surface area contributed by atoms with Crippen LogP contribution in [0.15, 0.2) is 48.5 Å². The van der Waals surface area contributed by atoms with Crippen LogP contribution in [0.2, 0.25) is 5.02 Å². The van der Waals surface area contributed by atoms with E-state index in [1.807, 2.05) is 47.4 Å². The molecule has 0 bridgehead atoms. The molecule has 2 fully saturated rings. The Hall–Kier alpha value is -2.77. The molecule has 0 unspecified atom stereocenters. The lowest BCUT2D eigenvalue weighted by atomic mass is 10.2. The predicted molar refractivity (Wildman–Crippen MR) is 122 cm³/mol. The first-order valence-electron chi connectivity index (χ1n) is 10.6. The fourth-order valence-electron chi connectivity index (χ4n) is 3.97. The molecule has 0 atom stereocenters. The van der Waals surface area contributed by atoms with Crippen molar-refractivity contribution >= 4 is 34.9 Å². The largest absolute Gasteiger partial charge is 0.378 e. The number of halogens is 1. The summed E-state index contributed by atoms with van der Waals surface area (Å²) in [4.78, 5) is 31.6. The Morgan fingerprint density at radius 1 is 0.871 bits per heavy atom. The van der Waals surface area contributed by atoms with Crippen LogP contribution in [0.3, 0.4) is 0 Å². The minimum atomic E-state index is -0.175. The van der Waals surface area contributed by atoms with Gasteiger partial charge in [0.1, 0.15) is 0 Å². The maximum Gasteiger partial charge on any atom is 0.321 e. The first kappa shape index (κ1) is 21.5. The number of benzene rings is 2. The fourth-order valence-corrected chi connectivity index (χ4v) is 4.14. The van der Waals surface area contributed by atoms with E-state index < -0.39 is 0 Å². The molecule has 164 valence electrons. The van der Waals surface area contributed by atoms with Crippen molar-refractivity contribution in [2.45, 2.75) is 6.42 Å². The molecule has 0 spiro atoms. The number of morpholine rings is 1. The number of amides is 3. The Kier molecular flexibility index (Phi) is 6.94. The fraction of sp³-hybridized carbons (Fsp3) is 0.391. The quantitative estimate of drug-likeness (QED) is 0.789. The van der Waals surface area contributed by atoms with Crippen LogP contribution in [0, 0.1) is 0 Å². The molecule has 2 aromatic rings. The molecule has 7 nitrogen and oxygen atoms in total. The van der Waals surface area contributed by atoms with Crippen LogP contribution in [0.25, 0.3) is 0 Å². The number of carbonyl (C=O) groups is 2. The van der Waals surface area contributed by atoms with E-state index in [1.54, 1.807) is 11.0 Å². The second-order valence-corrected chi connectivity index (χ2v) is 8.13. The maximum absolute atomic E-state index is 13.0. The molecular weight excluding hydrogens is 416 g/mol. The van der Waals surface area contributed by atoms with Gasteiger partial charge in [0.25, 0.3) is 5.91 Å². The summed E-state index contributed by atoms with van der Waals surface area (Å²) in [7, 11) is 0. The summed E-state index contributed by atoms with van der Waals surface area (Å²) in [6.07, 6.45) is 0.734. The van der Waals surface area contributed by atoms with Gasteiger partial charge in [0, 0.05) is 49.9 Å². The number of ether oxygens (including phenoxy) is 1. The number of nitrogens with zero attached hydrogens (tertiary/aromatic N) is 3. The average molecular weight is 443 g/mol. The zero-order valence-electron chi connectivity index (χ0n) is 17.4. The number of hydrogen-bond donors (Lipinski definition) is 1. The summed E-state index contributed by atoms with van der Waals surface area (Å²) in [5.74, 6) is 0.00676. The zero-order chi connectivity index (χ0) is 21.6. The Bertz CT molecular complexity index is 918. The molecule has 2 aliphatic heterocycles. The van der Waals surface area contributed by atoms with E-state index in [2.05, 4.69) is 10.2 Å². The SMILES string of the molecule is O=C(Nc1cc(Cl)ccc1N1CCOCC1)N1CCCN(C(=O)c2ccccc2)CC1. The molecule has 0 aliphatic carbocycles. The zero-order valence-corrected chi connectivity index (χ0v) is 18.2. The van der Waals surface area contributed by atoms with E-state index in [0.717, 1.165) is 25.2 Å². The van der Waals surface area contributed by atoms with Gasteiger partial charge in [0.05, 0.1) is 24.6 Å². The van der Waals surface area contributed by atoms with Gasteiger partial charge in [0.2, 0.25) is 0 Å². The van der Waals surface area contributed by atoms with Crippen molar-refractivity contribution in [3.05, 3.63) is 59.1 Å². The molecule has 2 aromatic carbocycles. The average Bonchev–Trinajstić information content (AvgIpc) is 3.06. The lowest BCUT2D eigenvalue weighted by Gasteiger charge is -2.31. The molecular formula is C23H27ClN4O3. The lowest BCUT2D eigenvalue weighted by Crippen LogP contribution is -2.40. The van der Waals surface area contributed by atoms with Crippen LogP contribution < -0.4 is 10.2 Å². The molecule has 0 radical (unpaired) electrons. The van der Waals surface area contributed by atoms with Crippen LogP contribution in [-0.2, 0) is 4.74 Å². The second-order valence-electron chi connectivity index (χ2n) is 7.69. The number of nitrogens with one attached hydrogen (secondary N) is 1. The Morgan fingerprint density at radius 3 is 2.35 bits per heavy atom. The van der Waals surface area contributed by atoms with Crippen LogP contribution in [0.4, 0.5) is 16.2 Å². The lowest BCUT2D eigenvalue weighted by molar-refractivity contribution is 0.0762. The molecule has 3 amide bonds. The van der Waals surface area contributed by atoms with Crippen molar-refractivity contribution in [1.29, 1.82) is 0 Å².